The summed E-state index contributed by atoms with van der Waals surface area (Å²) in [5.41, 5.74) is 9.81. The van der Waals surface area contributed by atoms with Gasteiger partial charge in [-0.15, -0.1) is 11.3 Å². The number of aromatic nitrogens is 4. The van der Waals surface area contributed by atoms with Crippen molar-refractivity contribution < 1.29 is 23.9 Å². The van der Waals surface area contributed by atoms with E-state index in [1.54, 1.807) is 11.3 Å². The third-order valence-corrected chi connectivity index (χ3v) is 11.6. The van der Waals surface area contributed by atoms with Gasteiger partial charge in [-0.1, -0.05) is 45.9 Å². The van der Waals surface area contributed by atoms with Crippen LogP contribution in [0.5, 0.6) is 0 Å². The minimum absolute atomic E-state index is 0.0716. The van der Waals surface area contributed by atoms with Crippen LogP contribution in [-0.4, -0.2) is 82.3 Å². The molecule has 14 heteroatoms. The minimum atomic E-state index is -0.682. The quantitative estimate of drug-likeness (QED) is 0.0774. The minimum Gasteiger partial charge on any atom is -0.453 e. The van der Waals surface area contributed by atoms with Crippen molar-refractivity contribution in [1.82, 2.24) is 35.5 Å². The highest BCUT2D eigenvalue weighted by Gasteiger charge is 2.37. The number of methoxy groups -OCH3 is 2. The number of nitrogens with one attached hydrogen (secondary N) is 4. The number of likely N-dealkylation sites (tertiary alicyclic amines) is 1. The molecule has 6 rings (SSSR count). The molecule has 4 heterocycles. The lowest BCUT2D eigenvalue weighted by Crippen LogP contribution is -2.51. The highest BCUT2D eigenvalue weighted by Crippen LogP contribution is 2.38. The number of carbonyl (C=O) groups excluding carboxylic acids is 3. The predicted octanol–water partition coefficient (Wildman–Crippen LogP) is 7.47. The summed E-state index contributed by atoms with van der Waals surface area (Å²) in [6.45, 7) is 9.19. The van der Waals surface area contributed by atoms with Gasteiger partial charge in [-0.25, -0.2) is 19.6 Å². The van der Waals surface area contributed by atoms with Crippen LogP contribution in [0.3, 0.4) is 0 Å². The Bertz CT molecular complexity index is 2090. The molecule has 6 N–H and O–H groups in total. The number of carbonyl (C=O) groups is 3. The van der Waals surface area contributed by atoms with Crippen molar-refractivity contribution in [2.75, 3.05) is 27.3 Å². The van der Waals surface area contributed by atoms with Gasteiger partial charge in [-0.2, -0.15) is 0 Å². The van der Waals surface area contributed by atoms with E-state index in [4.69, 9.17) is 25.2 Å². The molecular weight excluding hydrogens is 705 g/mol. The molecular formula is C40H52N8O5S. The summed E-state index contributed by atoms with van der Waals surface area (Å²) in [6.07, 6.45) is 4.86. The Hall–Kier alpha value is -4.95. The van der Waals surface area contributed by atoms with Crippen molar-refractivity contribution in [3.63, 3.8) is 0 Å². The number of hydrogen-bond acceptors (Lipinski definition) is 9. The van der Waals surface area contributed by atoms with Gasteiger partial charge in [-0.05, 0) is 85.7 Å². The number of H-pyrrole nitrogens is 2. The fraction of sp³-hybridized carbons (Fsp3) is 0.475. The van der Waals surface area contributed by atoms with Crippen LogP contribution in [0.25, 0.3) is 42.8 Å². The molecule has 54 heavy (non-hydrogen) atoms. The Balaban J connectivity index is 1.21. The van der Waals surface area contributed by atoms with E-state index >= 15 is 0 Å². The monoisotopic (exact) mass is 756 g/mol. The first-order valence-corrected chi connectivity index (χ1v) is 19.6. The summed E-state index contributed by atoms with van der Waals surface area (Å²) in [5, 5.41) is 7.87. The maximum Gasteiger partial charge on any atom is 0.407 e. The Morgan fingerprint density at radius 1 is 0.981 bits per heavy atom. The average Bonchev–Trinajstić information content (AvgIpc) is 4.00. The van der Waals surface area contributed by atoms with Crippen LogP contribution in [0.4, 0.5) is 9.59 Å². The Morgan fingerprint density at radius 3 is 2.46 bits per heavy atom. The van der Waals surface area contributed by atoms with E-state index < -0.39 is 18.2 Å². The third kappa shape index (κ3) is 8.39. The van der Waals surface area contributed by atoms with Crippen LogP contribution in [0.15, 0.2) is 48.7 Å². The summed E-state index contributed by atoms with van der Waals surface area (Å²) in [7, 11) is 2.68. The predicted molar refractivity (Wildman–Crippen MR) is 212 cm³/mol. The van der Waals surface area contributed by atoms with Crippen LogP contribution < -0.4 is 16.4 Å². The lowest BCUT2D eigenvalue weighted by molar-refractivity contribution is -0.135. The fourth-order valence-electron chi connectivity index (χ4n) is 7.37. The molecule has 1 aliphatic heterocycles. The molecule has 5 aromatic rings. The number of nitrogens with zero attached hydrogens (tertiary/aromatic N) is 3. The molecule has 3 aromatic heterocycles. The zero-order valence-electron chi connectivity index (χ0n) is 31.9. The first-order valence-electron chi connectivity index (χ1n) is 18.8. The van der Waals surface area contributed by atoms with Crippen molar-refractivity contribution in [1.29, 1.82) is 0 Å². The van der Waals surface area contributed by atoms with E-state index in [1.807, 2.05) is 24.9 Å². The van der Waals surface area contributed by atoms with E-state index in [0.717, 1.165) is 86.6 Å². The van der Waals surface area contributed by atoms with Gasteiger partial charge in [0.15, 0.2) is 0 Å². The van der Waals surface area contributed by atoms with Crippen molar-refractivity contribution in [2.24, 2.45) is 17.6 Å². The standard InChI is InChI=1S/C40H52N8O5S/c1-22(2)29(45-39(50)52-5)20-26(9-7-17-41)36-43-28-14-12-24-19-25(11-13-27(24)35(28)46-36)32-15-16-33(54-32)30-21-42-37(44-30)31-10-8-18-48(31)38(49)34(23(3)4)47-40(51)53-6/h11-16,19,21-23,26,29,31,34H,7-10,17-18,20,41H2,1-6H3,(H,42,44)(H,43,46)(H,45,50)(H,47,51)/t26-,29-,31+,34+/m1/s1. The second kappa shape index (κ2) is 17.0. The third-order valence-electron chi connectivity index (χ3n) is 10.5. The van der Waals surface area contributed by atoms with Crippen LogP contribution in [0.1, 0.15) is 83.4 Å². The van der Waals surface area contributed by atoms with E-state index in [0.29, 0.717) is 13.1 Å². The molecule has 1 saturated heterocycles. The van der Waals surface area contributed by atoms with E-state index in [2.05, 4.69) is 76.9 Å². The molecule has 1 aliphatic rings. The number of thiophene rings is 1. The summed E-state index contributed by atoms with van der Waals surface area (Å²) in [4.78, 5) is 58.6. The number of alkyl carbamates (subject to hydrolysis) is 2. The number of imidazole rings is 2. The van der Waals surface area contributed by atoms with E-state index in [1.165, 1.54) is 14.2 Å². The van der Waals surface area contributed by atoms with Gasteiger partial charge < -0.3 is 40.7 Å². The molecule has 0 unspecified atom stereocenters. The average molecular weight is 757 g/mol. The number of nitrogens with two attached hydrogens (primary N) is 1. The van der Waals surface area contributed by atoms with Crippen LogP contribution in [0, 0.1) is 11.8 Å². The Kier molecular flexibility index (Phi) is 12.2. The molecule has 0 bridgehead atoms. The molecule has 0 saturated carbocycles. The van der Waals surface area contributed by atoms with Gasteiger partial charge in [0.25, 0.3) is 0 Å². The molecule has 4 atom stereocenters. The lowest BCUT2D eigenvalue weighted by atomic mass is 9.89. The Labute approximate surface area is 319 Å². The SMILES string of the molecule is COC(=O)N[C@H](C(=O)N1CCC[C@H]1c1ncc(-c2ccc(-c3ccc4c(ccc5[nH]c([C@H](CCCN)C[C@@H](NC(=O)OC)C(C)C)nc54)c3)s2)[nH]1)C(C)C. The number of benzene rings is 2. The molecule has 3 amide bonds. The van der Waals surface area contributed by atoms with Gasteiger partial charge in [0, 0.05) is 28.8 Å². The normalized spacial score (nSPS) is 16.2. The van der Waals surface area contributed by atoms with Gasteiger partial charge in [0.05, 0.1) is 48.1 Å². The van der Waals surface area contributed by atoms with Crippen molar-refractivity contribution in [3.05, 3.63) is 60.3 Å². The van der Waals surface area contributed by atoms with Crippen LogP contribution in [-0.2, 0) is 14.3 Å². The zero-order chi connectivity index (χ0) is 38.5. The summed E-state index contributed by atoms with van der Waals surface area (Å²) < 4.78 is 9.66. The van der Waals surface area contributed by atoms with Gasteiger partial charge in [0.1, 0.15) is 17.7 Å². The summed E-state index contributed by atoms with van der Waals surface area (Å²) >= 11 is 1.68. The van der Waals surface area contributed by atoms with Gasteiger partial charge >= 0.3 is 12.2 Å². The number of hydrogen-bond donors (Lipinski definition) is 5. The maximum atomic E-state index is 13.6. The van der Waals surface area contributed by atoms with Gasteiger partial charge in [0.2, 0.25) is 5.91 Å². The molecule has 288 valence electrons. The van der Waals surface area contributed by atoms with Crippen molar-refractivity contribution in [2.45, 2.75) is 83.8 Å². The second-order valence-corrected chi connectivity index (χ2v) is 15.8. The first-order chi connectivity index (χ1) is 26.0. The molecule has 1 fully saturated rings. The number of ether oxygens (including phenoxy) is 2. The van der Waals surface area contributed by atoms with Gasteiger partial charge in [-0.3, -0.25) is 4.79 Å². The Morgan fingerprint density at radius 2 is 1.74 bits per heavy atom. The topological polar surface area (TPSA) is 180 Å². The molecule has 13 nitrogen and oxygen atoms in total. The van der Waals surface area contributed by atoms with Crippen LogP contribution >= 0.6 is 11.3 Å². The number of rotatable bonds is 14. The maximum absolute atomic E-state index is 13.6. The molecule has 2 aromatic carbocycles. The number of aromatic amines is 2. The van der Waals surface area contributed by atoms with Crippen molar-refractivity contribution in [3.8, 4) is 21.0 Å². The number of amides is 3. The molecule has 0 radical (unpaired) electrons. The zero-order valence-corrected chi connectivity index (χ0v) is 32.7. The summed E-state index contributed by atoms with van der Waals surface area (Å²) in [5.74, 6) is 1.71. The lowest BCUT2D eigenvalue weighted by Gasteiger charge is -2.30. The fourth-order valence-corrected chi connectivity index (χ4v) is 8.34. The summed E-state index contributed by atoms with van der Waals surface area (Å²) in [6, 6.07) is 14.0. The first kappa shape index (κ1) is 38.8. The molecule has 0 aliphatic carbocycles. The van der Waals surface area contributed by atoms with Crippen LogP contribution in [0.2, 0.25) is 0 Å². The smallest absolute Gasteiger partial charge is 0.407 e. The largest absolute Gasteiger partial charge is 0.453 e. The highest BCUT2D eigenvalue weighted by molar-refractivity contribution is 7.18. The van der Waals surface area contributed by atoms with E-state index in [9.17, 15) is 14.4 Å². The van der Waals surface area contributed by atoms with Crippen molar-refractivity contribution >= 4 is 51.2 Å². The number of fused-ring (bicyclic) bond motifs is 3. The molecule has 0 spiro atoms. The van der Waals surface area contributed by atoms with E-state index in [-0.39, 0.29) is 35.7 Å². The highest BCUT2D eigenvalue weighted by atomic mass is 32.1. The second-order valence-electron chi connectivity index (χ2n) is 14.8.